The molecule has 3 rings (SSSR count). The molecule has 1 saturated heterocycles. The number of aldehydes is 1. The summed E-state index contributed by atoms with van der Waals surface area (Å²) in [4.78, 5) is 30.0. The topological polar surface area (TPSA) is 95.3 Å². The number of nitrogens with zero attached hydrogens (tertiary/aromatic N) is 3. The number of nitrogens with one attached hydrogen (secondary N) is 1. The quantitative estimate of drug-likeness (QED) is 0.713. The van der Waals surface area contributed by atoms with Crippen LogP contribution in [0, 0.1) is 23.0 Å². The Bertz CT molecular complexity index is 1110. The predicted octanol–water partition coefficient (Wildman–Crippen LogP) is 4.20. The number of alkyl carbamates (subject to hydrolysis) is 1. The highest BCUT2D eigenvalue weighted by atomic mass is 19.2. The number of carbonyl (C=O) groups excluding carboxylic acids is 2. The summed E-state index contributed by atoms with van der Waals surface area (Å²) in [6, 6.07) is 3.83. The standard InChI is InChI=1S/C23H24F2N4O3/c1-22(2,3)32-21(31)28-23(4)5-6-29(13-23)20-16(12-30)10-27-11-17(20)14-7-15(9-26)19(25)18(24)8-14/h7-8,10-12H,5-6,13H2,1-4H3,(H,28,31)/t23-/m0/s1. The molecular formula is C23H24F2N4O3. The second-order valence-electron chi connectivity index (χ2n) is 9.03. The van der Waals surface area contributed by atoms with E-state index in [1.54, 1.807) is 26.8 Å². The number of benzene rings is 1. The van der Waals surface area contributed by atoms with E-state index in [0.717, 1.165) is 6.07 Å². The first kappa shape index (κ1) is 23.1. The van der Waals surface area contributed by atoms with Gasteiger partial charge >= 0.3 is 6.09 Å². The Labute approximate surface area is 185 Å². The second-order valence-corrected chi connectivity index (χ2v) is 9.03. The molecule has 2 heterocycles. The van der Waals surface area contributed by atoms with Crippen LogP contribution in [-0.2, 0) is 4.74 Å². The van der Waals surface area contributed by atoms with Crippen LogP contribution in [0.15, 0.2) is 24.5 Å². The number of halogens is 2. The Morgan fingerprint density at radius 3 is 2.69 bits per heavy atom. The highest BCUT2D eigenvalue weighted by Gasteiger charge is 2.38. The first-order chi connectivity index (χ1) is 15.0. The number of hydrogen-bond acceptors (Lipinski definition) is 6. The van der Waals surface area contributed by atoms with Crippen molar-refractivity contribution in [3.05, 3.63) is 47.3 Å². The maximum atomic E-state index is 14.1. The molecule has 0 aliphatic carbocycles. The zero-order valence-electron chi connectivity index (χ0n) is 18.3. The molecule has 2 aromatic rings. The summed E-state index contributed by atoms with van der Waals surface area (Å²) in [5, 5.41) is 12.0. The summed E-state index contributed by atoms with van der Waals surface area (Å²) in [5.74, 6) is -2.40. The van der Waals surface area contributed by atoms with Gasteiger partial charge < -0.3 is 15.0 Å². The molecule has 32 heavy (non-hydrogen) atoms. The van der Waals surface area contributed by atoms with Gasteiger partial charge in [0.05, 0.1) is 22.4 Å². The average Bonchev–Trinajstić information content (AvgIpc) is 3.08. The van der Waals surface area contributed by atoms with Crippen LogP contribution in [0.2, 0.25) is 0 Å². The molecule has 1 aliphatic heterocycles. The molecular weight excluding hydrogens is 418 g/mol. The van der Waals surface area contributed by atoms with Gasteiger partial charge in [0.25, 0.3) is 0 Å². The molecule has 1 atom stereocenters. The molecule has 7 nitrogen and oxygen atoms in total. The summed E-state index contributed by atoms with van der Waals surface area (Å²) in [7, 11) is 0. The average molecular weight is 442 g/mol. The number of nitriles is 1. The number of carbonyl (C=O) groups is 2. The van der Waals surface area contributed by atoms with E-state index in [-0.39, 0.29) is 11.1 Å². The van der Waals surface area contributed by atoms with E-state index in [0.29, 0.717) is 37.0 Å². The van der Waals surface area contributed by atoms with Crippen LogP contribution in [-0.4, -0.2) is 41.6 Å². The van der Waals surface area contributed by atoms with Crippen molar-refractivity contribution in [3.63, 3.8) is 0 Å². The highest BCUT2D eigenvalue weighted by molar-refractivity contribution is 5.93. The maximum absolute atomic E-state index is 14.1. The molecule has 0 unspecified atom stereocenters. The molecule has 168 valence electrons. The molecule has 9 heteroatoms. The Hall–Kier alpha value is -3.54. The number of anilines is 1. The van der Waals surface area contributed by atoms with Crippen molar-refractivity contribution in [1.82, 2.24) is 10.3 Å². The van der Waals surface area contributed by atoms with Crippen LogP contribution in [0.5, 0.6) is 0 Å². The molecule has 1 N–H and O–H groups in total. The Morgan fingerprint density at radius 1 is 1.34 bits per heavy atom. The lowest BCUT2D eigenvalue weighted by Gasteiger charge is -2.30. The molecule has 0 saturated carbocycles. The molecule has 0 bridgehead atoms. The SMILES string of the molecule is CC(C)(C)OC(=O)N[C@@]1(C)CCN(c2c(C=O)cncc2-c2cc(F)c(F)c(C#N)c2)C1. The summed E-state index contributed by atoms with van der Waals surface area (Å²) in [6.45, 7) is 8.01. The first-order valence-electron chi connectivity index (χ1n) is 10.0. The van der Waals surface area contributed by atoms with Gasteiger partial charge in [0, 0.05) is 31.0 Å². The molecule has 0 spiro atoms. The number of rotatable bonds is 4. The number of aromatic nitrogens is 1. The van der Waals surface area contributed by atoms with Crippen molar-refractivity contribution >= 4 is 18.1 Å². The monoisotopic (exact) mass is 442 g/mol. The minimum absolute atomic E-state index is 0.223. The minimum Gasteiger partial charge on any atom is -0.444 e. The van der Waals surface area contributed by atoms with E-state index in [1.807, 2.05) is 11.8 Å². The van der Waals surface area contributed by atoms with Crippen molar-refractivity contribution < 1.29 is 23.1 Å². The molecule has 1 amide bonds. The molecule has 1 aromatic carbocycles. The van der Waals surface area contributed by atoms with E-state index >= 15 is 0 Å². The van der Waals surface area contributed by atoms with Crippen LogP contribution >= 0.6 is 0 Å². The van der Waals surface area contributed by atoms with E-state index in [9.17, 15) is 18.4 Å². The van der Waals surface area contributed by atoms with Gasteiger partial charge in [-0.3, -0.25) is 9.78 Å². The molecule has 1 fully saturated rings. The van der Waals surface area contributed by atoms with Gasteiger partial charge in [-0.2, -0.15) is 5.26 Å². The third kappa shape index (κ3) is 4.85. The fraction of sp³-hybridized carbons (Fsp3) is 0.391. The third-order valence-electron chi connectivity index (χ3n) is 5.12. The first-order valence-corrected chi connectivity index (χ1v) is 10.0. The van der Waals surface area contributed by atoms with Crippen molar-refractivity contribution in [2.24, 2.45) is 0 Å². The Kier molecular flexibility index (Phi) is 6.17. The zero-order valence-corrected chi connectivity index (χ0v) is 18.3. The van der Waals surface area contributed by atoms with E-state index < -0.39 is 34.4 Å². The van der Waals surface area contributed by atoms with Gasteiger partial charge in [-0.25, -0.2) is 13.6 Å². The van der Waals surface area contributed by atoms with Crippen LogP contribution in [0.3, 0.4) is 0 Å². The maximum Gasteiger partial charge on any atom is 0.408 e. The normalized spacial score (nSPS) is 18.2. The second kappa shape index (κ2) is 8.54. The largest absolute Gasteiger partial charge is 0.444 e. The van der Waals surface area contributed by atoms with E-state index in [1.165, 1.54) is 18.5 Å². The summed E-state index contributed by atoms with van der Waals surface area (Å²) in [5.41, 5.74) is -0.402. The van der Waals surface area contributed by atoms with Crippen LogP contribution in [0.1, 0.15) is 50.0 Å². The smallest absolute Gasteiger partial charge is 0.408 e. The Balaban J connectivity index is 1.98. The van der Waals surface area contributed by atoms with Gasteiger partial charge in [0.15, 0.2) is 17.9 Å². The van der Waals surface area contributed by atoms with Gasteiger partial charge in [0.1, 0.15) is 11.7 Å². The van der Waals surface area contributed by atoms with E-state index in [4.69, 9.17) is 10.00 Å². The van der Waals surface area contributed by atoms with Gasteiger partial charge in [-0.05, 0) is 51.8 Å². The number of hydrogen-bond donors (Lipinski definition) is 1. The molecule has 0 radical (unpaired) electrons. The minimum atomic E-state index is -1.23. The van der Waals surface area contributed by atoms with Crippen LogP contribution < -0.4 is 10.2 Å². The fourth-order valence-electron chi connectivity index (χ4n) is 3.75. The molecule has 1 aromatic heterocycles. The van der Waals surface area contributed by atoms with Crippen molar-refractivity contribution in [2.45, 2.75) is 45.3 Å². The summed E-state index contributed by atoms with van der Waals surface area (Å²) >= 11 is 0. The van der Waals surface area contributed by atoms with Gasteiger partial charge in [-0.1, -0.05) is 0 Å². The summed E-state index contributed by atoms with van der Waals surface area (Å²) < 4.78 is 33.3. The lowest BCUT2D eigenvalue weighted by atomic mass is 9.99. The highest BCUT2D eigenvalue weighted by Crippen LogP contribution is 2.37. The third-order valence-corrected chi connectivity index (χ3v) is 5.12. The van der Waals surface area contributed by atoms with Gasteiger partial charge in [0.2, 0.25) is 0 Å². The zero-order chi connectivity index (χ0) is 23.7. The Morgan fingerprint density at radius 2 is 2.06 bits per heavy atom. The van der Waals surface area contributed by atoms with Gasteiger partial charge in [-0.15, -0.1) is 0 Å². The predicted molar refractivity (Wildman–Crippen MR) is 114 cm³/mol. The number of ether oxygens (including phenoxy) is 1. The lowest BCUT2D eigenvalue weighted by Crippen LogP contribution is -2.49. The summed E-state index contributed by atoms with van der Waals surface area (Å²) in [6.07, 6.45) is 3.47. The fourth-order valence-corrected chi connectivity index (χ4v) is 3.75. The number of amides is 1. The van der Waals surface area contributed by atoms with Crippen LogP contribution in [0.4, 0.5) is 19.3 Å². The van der Waals surface area contributed by atoms with Crippen molar-refractivity contribution in [2.75, 3.05) is 18.0 Å². The van der Waals surface area contributed by atoms with Crippen molar-refractivity contribution in [3.8, 4) is 17.2 Å². The van der Waals surface area contributed by atoms with Crippen LogP contribution in [0.25, 0.3) is 11.1 Å². The number of pyridine rings is 1. The lowest BCUT2D eigenvalue weighted by molar-refractivity contribution is 0.0473. The molecule has 1 aliphatic rings. The van der Waals surface area contributed by atoms with E-state index in [2.05, 4.69) is 10.3 Å². The van der Waals surface area contributed by atoms with Crippen molar-refractivity contribution in [1.29, 1.82) is 5.26 Å².